The number of fused-ring (bicyclic) bond motifs is 9. The highest BCUT2D eigenvalue weighted by Gasteiger charge is 2.21. The Morgan fingerprint density at radius 3 is 0.939 bits per heavy atom. The van der Waals surface area contributed by atoms with Crippen molar-refractivity contribution in [2.45, 2.75) is 0 Å². The van der Waals surface area contributed by atoms with E-state index in [-0.39, 0.29) is 0 Å². The van der Waals surface area contributed by atoms with Gasteiger partial charge in [-0.05, 0) is 137 Å². The lowest BCUT2D eigenvalue weighted by Crippen LogP contribution is -2.00. The molecule has 98 heavy (non-hydrogen) atoms. The van der Waals surface area contributed by atoms with E-state index >= 15 is 0 Å². The Hall–Kier alpha value is -12.5. The molecule has 15 aromatic carbocycles. The molecule has 6 nitrogen and oxygen atoms in total. The summed E-state index contributed by atoms with van der Waals surface area (Å²) in [6.45, 7) is 0. The first kappa shape index (κ1) is 58.1. The summed E-state index contributed by atoms with van der Waals surface area (Å²) in [7, 11) is 0. The molecule has 19 aromatic rings. The molecule has 0 atom stereocenters. The molecule has 0 bridgehead atoms. The SMILES string of the molecule is c1ccc(-c2cccc(-c3nc(-c4ccc5cc(-c6cccc7ccccc67)ccc5c4)nc(-c4cccc5c4sc4ccccc45)n3)c2)cc1.c1ccc(-c2cccc(-c3nc(-c4ccc5cc(-c6ccccc6)ccc5c4)nc(-c4cccc5c4sc4ccccc45)n3)c2)cc1. The van der Waals surface area contributed by atoms with Crippen LogP contribution in [-0.2, 0) is 0 Å². The van der Waals surface area contributed by atoms with Crippen LogP contribution in [0.15, 0.2) is 340 Å². The highest BCUT2D eigenvalue weighted by molar-refractivity contribution is 7.26. The molecule has 0 spiro atoms. The Morgan fingerprint density at radius 2 is 0.459 bits per heavy atom. The maximum absolute atomic E-state index is 5.19. The highest BCUT2D eigenvalue weighted by Crippen LogP contribution is 2.43. The second-order valence-corrected chi connectivity index (χ2v) is 26.6. The summed E-state index contributed by atoms with van der Waals surface area (Å²) in [4.78, 5) is 30.9. The number of hydrogen-bond acceptors (Lipinski definition) is 8. The summed E-state index contributed by atoms with van der Waals surface area (Å²) < 4.78 is 4.87. The minimum absolute atomic E-state index is 0.650. The molecule has 0 radical (unpaired) electrons. The molecular weight excluding hydrogens is 1230 g/mol. The molecular formula is C90H56N6S2. The normalized spacial score (nSPS) is 11.5. The Morgan fingerprint density at radius 1 is 0.163 bits per heavy atom. The molecule has 0 aliphatic heterocycles. The van der Waals surface area contributed by atoms with Crippen LogP contribution in [0.2, 0.25) is 0 Å². The van der Waals surface area contributed by atoms with Gasteiger partial charge < -0.3 is 0 Å². The first-order chi connectivity index (χ1) is 48.5. The lowest BCUT2D eigenvalue weighted by molar-refractivity contribution is 1.08. The molecule has 458 valence electrons. The number of nitrogens with zero attached hydrogens (tertiary/aromatic N) is 6. The molecule has 4 heterocycles. The second kappa shape index (κ2) is 25.0. The van der Waals surface area contributed by atoms with Crippen LogP contribution in [0.4, 0.5) is 0 Å². The number of aromatic nitrogens is 6. The molecule has 0 N–H and O–H groups in total. The fourth-order valence-electron chi connectivity index (χ4n) is 13.5. The average molecular weight is 1290 g/mol. The van der Waals surface area contributed by atoms with E-state index < -0.39 is 0 Å². The summed E-state index contributed by atoms with van der Waals surface area (Å²) in [5, 5.41) is 12.1. The van der Waals surface area contributed by atoms with Crippen LogP contribution in [0.1, 0.15) is 0 Å². The van der Waals surface area contributed by atoms with Gasteiger partial charge in [-0.25, -0.2) is 29.9 Å². The topological polar surface area (TPSA) is 77.3 Å². The highest BCUT2D eigenvalue weighted by atomic mass is 32.1. The summed E-state index contributed by atoms with van der Waals surface area (Å²) in [6.07, 6.45) is 0. The molecule has 4 aromatic heterocycles. The summed E-state index contributed by atoms with van der Waals surface area (Å²) in [5.74, 6) is 3.95. The lowest BCUT2D eigenvalue weighted by atomic mass is 9.96. The largest absolute Gasteiger partial charge is 0.208 e. The predicted molar refractivity (Wildman–Crippen MR) is 412 cm³/mol. The molecule has 0 saturated heterocycles. The van der Waals surface area contributed by atoms with Crippen LogP contribution in [0, 0.1) is 0 Å². The molecule has 19 rings (SSSR count). The standard InChI is InChI=1S/C47H29N3S.C43H27N3S/c1-2-11-30(12-3-1)32-15-8-16-36(28-32)45-48-46(50-47(49-45)42-21-10-20-41-40-18-6-7-22-43(40)51-44(41)42)37-26-24-33-27-35(25-23-34(33)29-37)39-19-9-14-31-13-4-5-17-38(31)39;1-3-11-28(12-4-1)30-15-9-16-34(26-30)41-44-42(35-24-23-32-25-31(21-22-33(32)27-35)29-13-5-2-6-14-29)46-43(45-41)38-19-10-18-37-36-17-7-8-20-39(36)47-40(37)38/h1-29H;1-27H. The van der Waals surface area contributed by atoms with Gasteiger partial charge in [0.2, 0.25) is 0 Å². The maximum Gasteiger partial charge on any atom is 0.165 e. The van der Waals surface area contributed by atoms with Crippen molar-refractivity contribution in [3.63, 3.8) is 0 Å². The van der Waals surface area contributed by atoms with Gasteiger partial charge >= 0.3 is 0 Å². The molecule has 0 fully saturated rings. The van der Waals surface area contributed by atoms with Crippen LogP contribution in [0.3, 0.4) is 0 Å². The second-order valence-electron chi connectivity index (χ2n) is 24.5. The molecule has 0 unspecified atom stereocenters. The van der Waals surface area contributed by atoms with Crippen molar-refractivity contribution in [3.8, 4) is 113 Å². The zero-order valence-electron chi connectivity index (χ0n) is 52.8. The molecule has 0 saturated carbocycles. The smallest absolute Gasteiger partial charge is 0.165 e. The van der Waals surface area contributed by atoms with Gasteiger partial charge in [0.15, 0.2) is 34.9 Å². The summed E-state index contributed by atoms with van der Waals surface area (Å²) in [5.41, 5.74) is 15.2. The zero-order valence-corrected chi connectivity index (χ0v) is 54.5. The van der Waals surface area contributed by atoms with Gasteiger partial charge in [-0.2, -0.15) is 0 Å². The van der Waals surface area contributed by atoms with E-state index in [0.29, 0.717) is 34.9 Å². The van der Waals surface area contributed by atoms with Crippen molar-refractivity contribution in [2.75, 3.05) is 0 Å². The molecule has 0 aliphatic rings. The van der Waals surface area contributed by atoms with Crippen LogP contribution >= 0.6 is 22.7 Å². The van der Waals surface area contributed by atoms with Gasteiger partial charge in [-0.15, -0.1) is 22.7 Å². The molecule has 0 aliphatic carbocycles. The fourth-order valence-corrected chi connectivity index (χ4v) is 15.9. The number of benzene rings is 15. The van der Waals surface area contributed by atoms with Crippen molar-refractivity contribution in [1.82, 2.24) is 29.9 Å². The minimum atomic E-state index is 0.650. The number of hydrogen-bond donors (Lipinski definition) is 0. The van der Waals surface area contributed by atoms with E-state index in [9.17, 15) is 0 Å². The third kappa shape index (κ3) is 11.1. The van der Waals surface area contributed by atoms with E-state index in [2.05, 4.69) is 322 Å². The monoisotopic (exact) mass is 1280 g/mol. The summed E-state index contributed by atoms with van der Waals surface area (Å²) >= 11 is 3.57. The third-order valence-electron chi connectivity index (χ3n) is 18.4. The number of rotatable bonds is 10. The van der Waals surface area contributed by atoms with Crippen LogP contribution in [-0.4, -0.2) is 29.9 Å². The predicted octanol–water partition coefficient (Wildman–Crippen LogP) is 24.6. The van der Waals surface area contributed by atoms with Gasteiger partial charge in [0.25, 0.3) is 0 Å². The first-order valence-electron chi connectivity index (χ1n) is 32.8. The fraction of sp³-hybridized carbons (Fsp3) is 0. The Labute approximate surface area is 573 Å². The van der Waals surface area contributed by atoms with Gasteiger partial charge in [-0.1, -0.05) is 279 Å². The van der Waals surface area contributed by atoms with Crippen molar-refractivity contribution in [2.24, 2.45) is 0 Å². The van der Waals surface area contributed by atoms with Crippen molar-refractivity contribution in [1.29, 1.82) is 0 Å². The van der Waals surface area contributed by atoms with Crippen LogP contribution < -0.4 is 0 Å². The maximum atomic E-state index is 5.19. The van der Waals surface area contributed by atoms with E-state index in [0.717, 1.165) is 66.4 Å². The quantitative estimate of drug-likeness (QED) is 0.136. The lowest BCUT2D eigenvalue weighted by Gasteiger charge is -2.11. The van der Waals surface area contributed by atoms with Crippen molar-refractivity contribution >= 4 is 95.3 Å². The van der Waals surface area contributed by atoms with E-state index in [4.69, 9.17) is 29.9 Å². The average Bonchev–Trinajstić information content (AvgIpc) is 1.15. The molecule has 0 amide bonds. The Bertz CT molecular complexity index is 6260. The van der Waals surface area contributed by atoms with Gasteiger partial charge in [0, 0.05) is 73.7 Å². The Kier molecular flexibility index (Phi) is 14.8. The first-order valence-corrected chi connectivity index (χ1v) is 34.4. The van der Waals surface area contributed by atoms with E-state index in [1.54, 1.807) is 22.7 Å². The van der Waals surface area contributed by atoms with E-state index in [1.165, 1.54) is 84.1 Å². The summed E-state index contributed by atoms with van der Waals surface area (Å²) in [6, 6.07) is 120. The number of thiophene rings is 2. The molecule has 8 heteroatoms. The van der Waals surface area contributed by atoms with Gasteiger partial charge in [0.1, 0.15) is 0 Å². The van der Waals surface area contributed by atoms with Gasteiger partial charge in [-0.3, -0.25) is 0 Å². The van der Waals surface area contributed by atoms with E-state index in [1.807, 2.05) is 18.2 Å². The van der Waals surface area contributed by atoms with Crippen LogP contribution in [0.25, 0.3) is 185 Å². The van der Waals surface area contributed by atoms with Crippen LogP contribution in [0.5, 0.6) is 0 Å². The minimum Gasteiger partial charge on any atom is -0.208 e. The Balaban J connectivity index is 0.000000143. The zero-order chi connectivity index (χ0) is 64.9. The van der Waals surface area contributed by atoms with Crippen molar-refractivity contribution in [3.05, 3.63) is 340 Å². The third-order valence-corrected chi connectivity index (χ3v) is 20.9. The van der Waals surface area contributed by atoms with Crippen molar-refractivity contribution < 1.29 is 0 Å². The van der Waals surface area contributed by atoms with Gasteiger partial charge in [0.05, 0.1) is 0 Å².